The molecule has 1 unspecified atom stereocenters. The summed E-state index contributed by atoms with van der Waals surface area (Å²) in [6.45, 7) is 5.52. The Labute approximate surface area is 188 Å². The lowest BCUT2D eigenvalue weighted by Crippen LogP contribution is -2.45. The molecule has 1 atom stereocenters. The minimum atomic E-state index is -0.458. The topological polar surface area (TPSA) is 96.7 Å². The Morgan fingerprint density at radius 3 is 2.56 bits per heavy atom. The first-order valence-electron chi connectivity index (χ1n) is 11.1. The summed E-state index contributed by atoms with van der Waals surface area (Å²) in [7, 11) is 0. The van der Waals surface area contributed by atoms with Crippen molar-refractivity contribution >= 4 is 24.1 Å². The van der Waals surface area contributed by atoms with E-state index in [0.29, 0.717) is 16.9 Å². The van der Waals surface area contributed by atoms with Crippen LogP contribution in [0.15, 0.2) is 48.0 Å². The molecule has 0 radical (unpaired) electrons. The molecule has 0 bridgehead atoms. The molecule has 2 aromatic rings. The molecule has 0 saturated heterocycles. The number of amides is 2. The summed E-state index contributed by atoms with van der Waals surface area (Å²) in [5.74, 6) is 0.224. The molecule has 2 aliphatic rings. The van der Waals surface area contributed by atoms with Crippen molar-refractivity contribution in [2.24, 2.45) is 5.92 Å². The largest absolute Gasteiger partial charge is 0.619 e. The summed E-state index contributed by atoms with van der Waals surface area (Å²) in [6, 6.07) is 12.3. The molecule has 1 fully saturated rings. The first-order valence-corrected chi connectivity index (χ1v) is 11.1. The van der Waals surface area contributed by atoms with Gasteiger partial charge in [0.2, 0.25) is 5.75 Å². The van der Waals surface area contributed by atoms with Crippen molar-refractivity contribution in [2.75, 3.05) is 6.61 Å². The number of phenolic OH excluding ortho intramolecular Hbond substituents is 1. The second-order valence-electron chi connectivity index (χ2n) is 8.26. The second kappa shape index (κ2) is 9.34. The number of ether oxygens (including phenoxy) is 1. The minimum Gasteiger partial charge on any atom is -0.619 e. The van der Waals surface area contributed by atoms with Gasteiger partial charge in [-0.3, -0.25) is 0 Å². The minimum absolute atomic E-state index is 0.00277. The summed E-state index contributed by atoms with van der Waals surface area (Å²) < 4.78 is 5.96. The second-order valence-corrected chi connectivity index (χ2v) is 8.26. The number of rotatable bonds is 6. The van der Waals surface area contributed by atoms with Gasteiger partial charge in [0.15, 0.2) is 5.75 Å². The van der Waals surface area contributed by atoms with E-state index < -0.39 is 6.04 Å². The SMILES string of the molecule is C=[N+]([O-])c1cc(C2NC(=O)NC(c3ccccc3)=C2C2CCCCC2)cc(OCC)c1O. The summed E-state index contributed by atoms with van der Waals surface area (Å²) in [6.07, 6.45) is 5.54. The van der Waals surface area contributed by atoms with Gasteiger partial charge in [-0.25, -0.2) is 4.79 Å². The lowest BCUT2D eigenvalue weighted by Gasteiger charge is -2.37. The molecule has 7 heteroatoms. The van der Waals surface area contributed by atoms with Gasteiger partial charge >= 0.3 is 6.03 Å². The molecule has 7 nitrogen and oxygen atoms in total. The van der Waals surface area contributed by atoms with E-state index in [1.165, 1.54) is 6.42 Å². The molecular weight excluding hydrogens is 406 g/mol. The molecule has 32 heavy (non-hydrogen) atoms. The van der Waals surface area contributed by atoms with Gasteiger partial charge in [0.25, 0.3) is 5.69 Å². The predicted molar refractivity (Wildman–Crippen MR) is 124 cm³/mol. The van der Waals surface area contributed by atoms with Gasteiger partial charge in [-0.15, -0.1) is 0 Å². The van der Waals surface area contributed by atoms with Crippen molar-refractivity contribution < 1.29 is 19.4 Å². The number of hydrogen-bond acceptors (Lipinski definition) is 4. The van der Waals surface area contributed by atoms with Crippen LogP contribution in [0.1, 0.15) is 56.2 Å². The van der Waals surface area contributed by atoms with Crippen molar-refractivity contribution in [3.8, 4) is 11.5 Å². The Hall–Kier alpha value is -3.48. The highest BCUT2D eigenvalue weighted by atomic mass is 16.5. The van der Waals surface area contributed by atoms with Crippen LogP contribution in [-0.2, 0) is 0 Å². The summed E-state index contributed by atoms with van der Waals surface area (Å²) in [4.78, 5) is 12.7. The Bertz CT molecular complexity index is 1040. The molecule has 1 saturated carbocycles. The molecule has 1 aliphatic carbocycles. The first kappa shape index (κ1) is 21.7. The van der Waals surface area contributed by atoms with Crippen molar-refractivity contribution in [3.05, 3.63) is 64.4 Å². The highest BCUT2D eigenvalue weighted by molar-refractivity contribution is 5.90. The molecule has 0 aromatic heterocycles. The van der Waals surface area contributed by atoms with E-state index in [9.17, 15) is 15.1 Å². The molecule has 1 aliphatic heterocycles. The number of carbonyl (C=O) groups is 1. The number of nitrogens with zero attached hydrogens (tertiary/aromatic N) is 1. The zero-order valence-electron chi connectivity index (χ0n) is 18.3. The van der Waals surface area contributed by atoms with Gasteiger partial charge in [-0.1, -0.05) is 49.6 Å². The zero-order chi connectivity index (χ0) is 22.7. The molecule has 4 rings (SSSR count). The molecule has 2 aromatic carbocycles. The van der Waals surface area contributed by atoms with Gasteiger partial charge in [0.05, 0.1) is 18.3 Å². The van der Waals surface area contributed by atoms with Gasteiger partial charge < -0.3 is 25.7 Å². The number of hydrogen-bond donors (Lipinski definition) is 3. The molecule has 0 spiro atoms. The maximum absolute atomic E-state index is 12.7. The average Bonchev–Trinajstić information content (AvgIpc) is 2.81. The maximum Gasteiger partial charge on any atom is 0.319 e. The average molecular weight is 436 g/mol. The van der Waals surface area contributed by atoms with Crippen LogP contribution in [0.4, 0.5) is 10.5 Å². The van der Waals surface area contributed by atoms with E-state index in [-0.39, 0.29) is 29.1 Å². The zero-order valence-corrected chi connectivity index (χ0v) is 18.3. The van der Waals surface area contributed by atoms with Crippen molar-refractivity contribution in [3.63, 3.8) is 0 Å². The Balaban J connectivity index is 1.91. The Morgan fingerprint density at radius 2 is 1.91 bits per heavy atom. The highest BCUT2D eigenvalue weighted by Gasteiger charge is 2.35. The van der Waals surface area contributed by atoms with E-state index in [0.717, 1.165) is 42.5 Å². The van der Waals surface area contributed by atoms with Crippen LogP contribution >= 0.6 is 0 Å². The van der Waals surface area contributed by atoms with Crippen molar-refractivity contribution in [2.45, 2.75) is 45.1 Å². The Kier molecular flexibility index (Phi) is 6.35. The monoisotopic (exact) mass is 435 g/mol. The van der Waals surface area contributed by atoms with E-state index in [4.69, 9.17) is 4.74 Å². The van der Waals surface area contributed by atoms with Crippen LogP contribution in [0.3, 0.4) is 0 Å². The van der Waals surface area contributed by atoms with Crippen LogP contribution in [0, 0.1) is 11.1 Å². The van der Waals surface area contributed by atoms with Gasteiger partial charge in [-0.2, -0.15) is 4.74 Å². The highest BCUT2D eigenvalue weighted by Crippen LogP contribution is 2.45. The fourth-order valence-electron chi connectivity index (χ4n) is 4.77. The smallest absolute Gasteiger partial charge is 0.319 e. The maximum atomic E-state index is 12.7. The van der Waals surface area contributed by atoms with Crippen molar-refractivity contribution in [1.82, 2.24) is 10.6 Å². The van der Waals surface area contributed by atoms with Crippen LogP contribution in [0.2, 0.25) is 0 Å². The molecule has 168 valence electrons. The lowest BCUT2D eigenvalue weighted by molar-refractivity contribution is -0.351. The van der Waals surface area contributed by atoms with Crippen LogP contribution in [0.25, 0.3) is 5.70 Å². The number of aromatic hydroxyl groups is 1. The normalized spacial score (nSPS) is 19.3. The van der Waals surface area contributed by atoms with Crippen molar-refractivity contribution in [1.29, 1.82) is 0 Å². The number of urea groups is 1. The third kappa shape index (κ3) is 4.28. The number of benzene rings is 2. The quantitative estimate of drug-likeness (QED) is 0.258. The van der Waals surface area contributed by atoms with E-state index in [2.05, 4.69) is 17.4 Å². The molecule has 3 N–H and O–H groups in total. The lowest BCUT2D eigenvalue weighted by atomic mass is 9.76. The van der Waals surface area contributed by atoms with E-state index in [1.807, 2.05) is 30.3 Å². The van der Waals surface area contributed by atoms with Crippen LogP contribution in [0.5, 0.6) is 11.5 Å². The fourth-order valence-corrected chi connectivity index (χ4v) is 4.77. The van der Waals surface area contributed by atoms with Crippen LogP contribution in [-0.4, -0.2) is 29.2 Å². The predicted octanol–water partition coefficient (Wildman–Crippen LogP) is 4.98. The Morgan fingerprint density at radius 1 is 1.19 bits per heavy atom. The van der Waals surface area contributed by atoms with Gasteiger partial charge in [0, 0.05) is 6.07 Å². The van der Waals surface area contributed by atoms with Crippen LogP contribution < -0.4 is 15.4 Å². The number of carbonyl (C=O) groups excluding carboxylic acids is 1. The standard InChI is InChI=1S/C25H29N3O4/c1-3-32-20-15-18(14-19(24(20)29)28(2)31)23-21(16-10-6-4-7-11-16)22(26-25(30)27-23)17-12-8-5-9-13-17/h5,8-9,12-16,23,29H,2-4,6-7,10-11H2,1H3,(H2,26,27,30). The van der Waals surface area contributed by atoms with Gasteiger partial charge in [0.1, 0.15) is 6.72 Å². The fraction of sp³-hybridized carbons (Fsp3) is 0.360. The third-order valence-electron chi connectivity index (χ3n) is 6.20. The summed E-state index contributed by atoms with van der Waals surface area (Å²) in [5, 5.41) is 28.6. The molecule has 2 amide bonds. The third-order valence-corrected chi connectivity index (χ3v) is 6.20. The molecule has 1 heterocycles. The number of phenols is 1. The number of nitrogens with one attached hydrogen (secondary N) is 2. The molecular formula is C25H29N3O4. The summed E-state index contributed by atoms with van der Waals surface area (Å²) >= 11 is 0. The van der Waals surface area contributed by atoms with E-state index in [1.54, 1.807) is 19.1 Å². The first-order chi connectivity index (χ1) is 15.5. The van der Waals surface area contributed by atoms with E-state index >= 15 is 0 Å². The van der Waals surface area contributed by atoms with Gasteiger partial charge in [-0.05, 0) is 48.4 Å². The summed E-state index contributed by atoms with van der Waals surface area (Å²) in [5.41, 5.74) is 3.53.